The fourth-order valence-electron chi connectivity index (χ4n) is 7.34. The summed E-state index contributed by atoms with van der Waals surface area (Å²) in [4.78, 5) is 24.0. The maximum Gasteiger partial charge on any atom is 0.254 e. The van der Waals surface area contributed by atoms with E-state index in [1.54, 1.807) is 6.33 Å². The number of hydrogen-bond acceptors (Lipinski definition) is 4. The molecular formula is C26H32N4O. The van der Waals surface area contributed by atoms with Gasteiger partial charge in [-0.1, -0.05) is 17.7 Å². The topological polar surface area (TPSA) is 58.1 Å². The summed E-state index contributed by atoms with van der Waals surface area (Å²) in [5, 5.41) is 3.76. The second kappa shape index (κ2) is 7.32. The molecule has 1 amide bonds. The molecule has 1 N–H and O–H groups in total. The summed E-state index contributed by atoms with van der Waals surface area (Å²) in [5.74, 6) is 3.99. The van der Waals surface area contributed by atoms with E-state index in [9.17, 15) is 4.79 Å². The number of fused-ring (bicyclic) bond motifs is 1. The molecule has 5 aliphatic rings. The van der Waals surface area contributed by atoms with Crippen molar-refractivity contribution >= 4 is 11.7 Å². The molecule has 4 bridgehead atoms. The van der Waals surface area contributed by atoms with Gasteiger partial charge in [0.25, 0.3) is 5.91 Å². The molecule has 2 heterocycles. The number of nitrogens with one attached hydrogen (secondary N) is 1. The molecule has 4 aliphatic carbocycles. The molecule has 1 aliphatic heterocycles. The smallest absolute Gasteiger partial charge is 0.254 e. The fourth-order valence-corrected chi connectivity index (χ4v) is 7.34. The highest BCUT2D eigenvalue weighted by atomic mass is 16.2. The first-order chi connectivity index (χ1) is 15.1. The molecule has 4 fully saturated rings. The molecular weight excluding hydrogens is 384 g/mol. The van der Waals surface area contributed by atoms with Gasteiger partial charge in [-0.05, 0) is 87.2 Å². The third-order valence-electron chi connectivity index (χ3n) is 8.39. The predicted molar refractivity (Wildman–Crippen MR) is 121 cm³/mol. The number of carbonyl (C=O) groups excluding carboxylic acids is 1. The minimum absolute atomic E-state index is 0.0901. The fraction of sp³-hybridized carbons (Fsp3) is 0.577. The van der Waals surface area contributed by atoms with Crippen LogP contribution in [0.5, 0.6) is 0 Å². The van der Waals surface area contributed by atoms with Crippen LogP contribution in [0.15, 0.2) is 30.6 Å². The lowest BCUT2D eigenvalue weighted by Gasteiger charge is -2.57. The average molecular weight is 417 g/mol. The second-order valence-electron chi connectivity index (χ2n) is 10.8. The number of aryl methyl sites for hydroxylation is 1. The number of aromatic nitrogens is 2. The summed E-state index contributed by atoms with van der Waals surface area (Å²) in [5.41, 5.74) is 4.61. The quantitative estimate of drug-likeness (QED) is 0.791. The van der Waals surface area contributed by atoms with Crippen LogP contribution in [0, 0.1) is 30.1 Å². The molecule has 0 unspecified atom stereocenters. The van der Waals surface area contributed by atoms with Gasteiger partial charge in [0.15, 0.2) is 0 Å². The molecule has 2 aromatic rings. The average Bonchev–Trinajstić information content (AvgIpc) is 2.76. The molecule has 1 aromatic carbocycles. The van der Waals surface area contributed by atoms with Crippen molar-refractivity contribution in [2.75, 3.05) is 18.4 Å². The standard InChI is InChI=1S/C26H32N4O/c1-17-2-4-21(5-3-17)25(31)30-7-6-22-23(14-30)28-16-29-24(22)27-15-26-11-18-8-19(12-26)10-20(9-18)13-26/h2-5,16,18-20H,6-15H2,1H3,(H,27,28,29). The molecule has 0 radical (unpaired) electrons. The van der Waals surface area contributed by atoms with Crippen LogP contribution in [0.3, 0.4) is 0 Å². The number of anilines is 1. The predicted octanol–water partition coefficient (Wildman–Crippen LogP) is 4.61. The van der Waals surface area contributed by atoms with Crippen molar-refractivity contribution in [2.45, 2.75) is 58.4 Å². The monoisotopic (exact) mass is 416 g/mol. The van der Waals surface area contributed by atoms with E-state index in [2.05, 4.69) is 15.3 Å². The zero-order valence-corrected chi connectivity index (χ0v) is 18.4. The van der Waals surface area contributed by atoms with Gasteiger partial charge in [-0.3, -0.25) is 4.79 Å². The molecule has 162 valence electrons. The number of hydrogen-bond donors (Lipinski definition) is 1. The summed E-state index contributed by atoms with van der Waals surface area (Å²) in [7, 11) is 0. The van der Waals surface area contributed by atoms with E-state index in [4.69, 9.17) is 0 Å². The summed E-state index contributed by atoms with van der Waals surface area (Å²) in [6.07, 6.45) is 11.1. The Kier molecular flexibility index (Phi) is 4.55. The molecule has 5 heteroatoms. The van der Waals surface area contributed by atoms with Gasteiger partial charge in [-0.25, -0.2) is 9.97 Å². The SMILES string of the molecule is Cc1ccc(C(=O)N2CCc3c(ncnc3NCC34CC5CC(CC(C5)C3)C4)C2)cc1. The van der Waals surface area contributed by atoms with Crippen LogP contribution in [-0.2, 0) is 13.0 Å². The highest BCUT2D eigenvalue weighted by Crippen LogP contribution is 2.59. The van der Waals surface area contributed by atoms with Crippen molar-refractivity contribution in [1.82, 2.24) is 14.9 Å². The molecule has 31 heavy (non-hydrogen) atoms. The Hall–Kier alpha value is -2.43. The minimum atomic E-state index is 0.0901. The molecule has 0 saturated heterocycles. The lowest BCUT2D eigenvalue weighted by molar-refractivity contribution is -0.0444. The first-order valence-electron chi connectivity index (χ1n) is 12.0. The Bertz CT molecular complexity index is 964. The first-order valence-corrected chi connectivity index (χ1v) is 12.0. The van der Waals surface area contributed by atoms with Crippen molar-refractivity contribution in [3.8, 4) is 0 Å². The van der Waals surface area contributed by atoms with Crippen LogP contribution in [0.1, 0.15) is 65.7 Å². The number of rotatable bonds is 4. The van der Waals surface area contributed by atoms with Gasteiger partial charge in [-0.2, -0.15) is 0 Å². The second-order valence-corrected chi connectivity index (χ2v) is 10.8. The number of carbonyl (C=O) groups is 1. The number of nitrogens with zero attached hydrogens (tertiary/aromatic N) is 3. The van der Waals surface area contributed by atoms with Crippen molar-refractivity contribution in [3.05, 3.63) is 53.0 Å². The third kappa shape index (κ3) is 3.52. The summed E-state index contributed by atoms with van der Waals surface area (Å²) < 4.78 is 0. The van der Waals surface area contributed by atoms with Gasteiger partial charge in [0, 0.05) is 24.2 Å². The Morgan fingerprint density at radius 1 is 1.06 bits per heavy atom. The zero-order valence-electron chi connectivity index (χ0n) is 18.4. The summed E-state index contributed by atoms with van der Waals surface area (Å²) in [6, 6.07) is 7.84. The van der Waals surface area contributed by atoms with Gasteiger partial charge < -0.3 is 10.2 Å². The van der Waals surface area contributed by atoms with Gasteiger partial charge in [0.2, 0.25) is 0 Å². The van der Waals surface area contributed by atoms with E-state index in [1.807, 2.05) is 36.1 Å². The maximum absolute atomic E-state index is 13.0. The highest BCUT2D eigenvalue weighted by Gasteiger charge is 2.50. The van der Waals surface area contributed by atoms with E-state index >= 15 is 0 Å². The number of amides is 1. The number of benzene rings is 1. The van der Waals surface area contributed by atoms with Crippen LogP contribution in [0.25, 0.3) is 0 Å². The van der Waals surface area contributed by atoms with E-state index in [0.29, 0.717) is 12.0 Å². The first kappa shape index (κ1) is 19.3. The molecule has 0 spiro atoms. The maximum atomic E-state index is 13.0. The Balaban J connectivity index is 1.16. The van der Waals surface area contributed by atoms with Gasteiger partial charge in [0.05, 0.1) is 12.2 Å². The van der Waals surface area contributed by atoms with Gasteiger partial charge in [-0.15, -0.1) is 0 Å². The third-order valence-corrected chi connectivity index (χ3v) is 8.39. The minimum Gasteiger partial charge on any atom is -0.369 e. The van der Waals surface area contributed by atoms with Crippen LogP contribution in [0.2, 0.25) is 0 Å². The van der Waals surface area contributed by atoms with Crippen molar-refractivity contribution in [2.24, 2.45) is 23.2 Å². The molecule has 7 rings (SSSR count). The van der Waals surface area contributed by atoms with Crippen LogP contribution >= 0.6 is 0 Å². The van der Waals surface area contributed by atoms with E-state index < -0.39 is 0 Å². The van der Waals surface area contributed by atoms with Gasteiger partial charge >= 0.3 is 0 Å². The highest BCUT2D eigenvalue weighted by molar-refractivity contribution is 5.94. The van der Waals surface area contributed by atoms with Crippen molar-refractivity contribution in [1.29, 1.82) is 0 Å². The van der Waals surface area contributed by atoms with E-state index in [0.717, 1.165) is 54.3 Å². The van der Waals surface area contributed by atoms with Gasteiger partial charge in [0.1, 0.15) is 12.1 Å². The van der Waals surface area contributed by atoms with Crippen LogP contribution in [0.4, 0.5) is 5.82 Å². The van der Waals surface area contributed by atoms with E-state index in [1.165, 1.54) is 49.7 Å². The summed E-state index contributed by atoms with van der Waals surface area (Å²) in [6.45, 7) is 4.38. The zero-order chi connectivity index (χ0) is 21.0. The summed E-state index contributed by atoms with van der Waals surface area (Å²) >= 11 is 0. The van der Waals surface area contributed by atoms with Crippen molar-refractivity contribution < 1.29 is 4.79 Å². The lowest BCUT2D eigenvalue weighted by atomic mass is 9.49. The molecule has 4 saturated carbocycles. The molecule has 5 nitrogen and oxygen atoms in total. The largest absolute Gasteiger partial charge is 0.369 e. The normalized spacial score (nSPS) is 30.9. The Morgan fingerprint density at radius 2 is 1.74 bits per heavy atom. The Labute approximate surface area is 184 Å². The van der Waals surface area contributed by atoms with Crippen LogP contribution < -0.4 is 5.32 Å². The van der Waals surface area contributed by atoms with E-state index in [-0.39, 0.29) is 5.91 Å². The Morgan fingerprint density at radius 3 is 2.42 bits per heavy atom. The molecule has 0 atom stereocenters. The lowest BCUT2D eigenvalue weighted by Crippen LogP contribution is -2.49. The van der Waals surface area contributed by atoms with Crippen LogP contribution in [-0.4, -0.2) is 33.9 Å². The van der Waals surface area contributed by atoms with Crippen molar-refractivity contribution in [3.63, 3.8) is 0 Å². The molecule has 1 aromatic heterocycles.